The van der Waals surface area contributed by atoms with Crippen LogP contribution in [-0.2, 0) is 0 Å². The van der Waals surface area contributed by atoms with Gasteiger partial charge in [0.25, 0.3) is 5.91 Å². The first-order valence-corrected chi connectivity index (χ1v) is 7.58. The number of nitrogens with one attached hydrogen (secondary N) is 1. The zero-order valence-electron chi connectivity index (χ0n) is 12.9. The average Bonchev–Trinajstić information content (AvgIpc) is 2.62. The van der Waals surface area contributed by atoms with E-state index in [9.17, 15) is 4.79 Å². The molecule has 0 saturated carbocycles. The fourth-order valence-electron chi connectivity index (χ4n) is 2.18. The SMILES string of the molecule is COc1ccc2nc(Cl)c(/C=N\NC(=O)c3ccccc3)cc2c1. The Bertz CT molecular complexity index is 911. The fourth-order valence-corrected chi connectivity index (χ4v) is 2.37. The predicted octanol–water partition coefficient (Wildman–Crippen LogP) is 3.66. The highest BCUT2D eigenvalue weighted by molar-refractivity contribution is 6.32. The average molecular weight is 340 g/mol. The molecule has 0 unspecified atom stereocenters. The van der Waals surface area contributed by atoms with E-state index < -0.39 is 0 Å². The van der Waals surface area contributed by atoms with E-state index in [0.717, 1.165) is 16.7 Å². The van der Waals surface area contributed by atoms with Gasteiger partial charge in [-0.15, -0.1) is 0 Å². The zero-order valence-corrected chi connectivity index (χ0v) is 13.6. The summed E-state index contributed by atoms with van der Waals surface area (Å²) in [7, 11) is 1.60. The summed E-state index contributed by atoms with van der Waals surface area (Å²) in [6.07, 6.45) is 1.47. The molecule has 1 aromatic heterocycles. The first kappa shape index (κ1) is 16.0. The number of carbonyl (C=O) groups is 1. The van der Waals surface area contributed by atoms with Crippen molar-refractivity contribution in [2.75, 3.05) is 7.11 Å². The number of ether oxygens (including phenoxy) is 1. The van der Waals surface area contributed by atoms with Gasteiger partial charge in [-0.25, -0.2) is 10.4 Å². The summed E-state index contributed by atoms with van der Waals surface area (Å²) in [5, 5.41) is 5.13. The summed E-state index contributed by atoms with van der Waals surface area (Å²) < 4.78 is 5.20. The van der Waals surface area contributed by atoms with Crippen LogP contribution in [0.4, 0.5) is 0 Å². The number of hydrazone groups is 1. The molecular weight excluding hydrogens is 326 g/mol. The lowest BCUT2D eigenvalue weighted by Crippen LogP contribution is -2.17. The molecule has 0 radical (unpaired) electrons. The van der Waals surface area contributed by atoms with Crippen molar-refractivity contribution in [2.24, 2.45) is 5.10 Å². The molecule has 0 atom stereocenters. The van der Waals surface area contributed by atoms with E-state index in [1.807, 2.05) is 30.3 Å². The molecule has 0 aliphatic rings. The first-order chi connectivity index (χ1) is 11.7. The molecule has 1 amide bonds. The van der Waals surface area contributed by atoms with Crippen molar-refractivity contribution in [3.63, 3.8) is 0 Å². The number of nitrogens with zero attached hydrogens (tertiary/aromatic N) is 2. The fraction of sp³-hybridized carbons (Fsp3) is 0.0556. The van der Waals surface area contributed by atoms with Gasteiger partial charge in [-0.05, 0) is 36.4 Å². The number of hydrogen-bond acceptors (Lipinski definition) is 4. The Balaban J connectivity index is 1.81. The van der Waals surface area contributed by atoms with Gasteiger partial charge in [0.2, 0.25) is 0 Å². The molecule has 0 bridgehead atoms. The highest BCUT2D eigenvalue weighted by Crippen LogP contribution is 2.23. The molecule has 0 saturated heterocycles. The second-order valence-electron chi connectivity index (χ2n) is 4.99. The van der Waals surface area contributed by atoms with Gasteiger partial charge in [-0.1, -0.05) is 29.8 Å². The topological polar surface area (TPSA) is 63.6 Å². The number of carbonyl (C=O) groups excluding carboxylic acids is 1. The van der Waals surface area contributed by atoms with Crippen molar-refractivity contribution >= 4 is 34.6 Å². The number of aromatic nitrogens is 1. The molecule has 120 valence electrons. The second kappa shape index (κ2) is 7.10. The van der Waals surface area contributed by atoms with Crippen LogP contribution in [-0.4, -0.2) is 24.2 Å². The Kier molecular flexibility index (Phi) is 4.72. The van der Waals surface area contributed by atoms with Crippen LogP contribution in [0.2, 0.25) is 5.15 Å². The second-order valence-corrected chi connectivity index (χ2v) is 5.35. The normalized spacial score (nSPS) is 10.9. The van der Waals surface area contributed by atoms with Crippen LogP contribution in [0.25, 0.3) is 10.9 Å². The third-order valence-electron chi connectivity index (χ3n) is 3.41. The van der Waals surface area contributed by atoms with Crippen LogP contribution in [0.1, 0.15) is 15.9 Å². The molecule has 0 spiro atoms. The minimum atomic E-state index is -0.293. The molecule has 0 aliphatic carbocycles. The third-order valence-corrected chi connectivity index (χ3v) is 3.71. The van der Waals surface area contributed by atoms with E-state index in [-0.39, 0.29) is 5.91 Å². The third kappa shape index (κ3) is 3.52. The number of fused-ring (bicyclic) bond motifs is 1. The van der Waals surface area contributed by atoms with Crippen molar-refractivity contribution in [3.05, 3.63) is 70.9 Å². The number of hydrogen-bond donors (Lipinski definition) is 1. The first-order valence-electron chi connectivity index (χ1n) is 7.20. The largest absolute Gasteiger partial charge is 0.497 e. The van der Waals surface area contributed by atoms with E-state index in [4.69, 9.17) is 16.3 Å². The summed E-state index contributed by atoms with van der Waals surface area (Å²) in [5.41, 5.74) is 4.35. The van der Waals surface area contributed by atoms with Gasteiger partial charge < -0.3 is 4.74 Å². The predicted molar refractivity (Wildman–Crippen MR) is 94.8 cm³/mol. The quantitative estimate of drug-likeness (QED) is 0.448. The Morgan fingerprint density at radius 1 is 1.21 bits per heavy atom. The Morgan fingerprint density at radius 2 is 2.00 bits per heavy atom. The van der Waals surface area contributed by atoms with Gasteiger partial charge in [-0.2, -0.15) is 5.10 Å². The zero-order chi connectivity index (χ0) is 16.9. The molecule has 0 fully saturated rings. The van der Waals surface area contributed by atoms with Crippen molar-refractivity contribution in [1.82, 2.24) is 10.4 Å². The maximum atomic E-state index is 11.9. The van der Waals surface area contributed by atoms with Crippen molar-refractivity contribution in [2.45, 2.75) is 0 Å². The van der Waals surface area contributed by atoms with Crippen molar-refractivity contribution in [3.8, 4) is 5.75 Å². The molecule has 3 aromatic rings. The van der Waals surface area contributed by atoms with Crippen LogP contribution in [0.15, 0.2) is 59.7 Å². The smallest absolute Gasteiger partial charge is 0.271 e. The van der Waals surface area contributed by atoms with E-state index in [0.29, 0.717) is 16.3 Å². The number of halogens is 1. The minimum absolute atomic E-state index is 0.293. The molecule has 3 rings (SSSR count). The molecule has 1 N–H and O–H groups in total. The molecule has 1 heterocycles. The van der Waals surface area contributed by atoms with Crippen molar-refractivity contribution in [1.29, 1.82) is 0 Å². The van der Waals surface area contributed by atoms with Crippen LogP contribution >= 0.6 is 11.6 Å². The summed E-state index contributed by atoms with van der Waals surface area (Å²) >= 11 is 6.16. The van der Waals surface area contributed by atoms with Gasteiger partial charge in [-0.3, -0.25) is 4.79 Å². The molecular formula is C18H14ClN3O2. The van der Waals surface area contributed by atoms with Crippen LogP contribution in [0.5, 0.6) is 5.75 Å². The highest BCUT2D eigenvalue weighted by atomic mass is 35.5. The van der Waals surface area contributed by atoms with Crippen LogP contribution in [0.3, 0.4) is 0 Å². The van der Waals surface area contributed by atoms with E-state index in [1.165, 1.54) is 6.21 Å². The van der Waals surface area contributed by atoms with Crippen LogP contribution in [0, 0.1) is 0 Å². The lowest BCUT2D eigenvalue weighted by Gasteiger charge is -2.04. The van der Waals surface area contributed by atoms with Gasteiger partial charge in [0, 0.05) is 16.5 Å². The molecule has 6 heteroatoms. The van der Waals surface area contributed by atoms with E-state index in [2.05, 4.69) is 15.5 Å². The number of methoxy groups -OCH3 is 1. The summed E-state index contributed by atoms with van der Waals surface area (Å²) in [6.45, 7) is 0. The maximum Gasteiger partial charge on any atom is 0.271 e. The molecule has 0 aliphatic heterocycles. The number of benzene rings is 2. The monoisotopic (exact) mass is 339 g/mol. The van der Waals surface area contributed by atoms with Gasteiger partial charge in [0.05, 0.1) is 18.8 Å². The highest BCUT2D eigenvalue weighted by Gasteiger charge is 2.05. The van der Waals surface area contributed by atoms with Gasteiger partial charge >= 0.3 is 0 Å². The number of pyridine rings is 1. The molecule has 24 heavy (non-hydrogen) atoms. The van der Waals surface area contributed by atoms with Crippen molar-refractivity contribution < 1.29 is 9.53 Å². The number of rotatable bonds is 4. The van der Waals surface area contributed by atoms with Crippen LogP contribution < -0.4 is 10.2 Å². The summed E-state index contributed by atoms with van der Waals surface area (Å²) in [4.78, 5) is 16.2. The van der Waals surface area contributed by atoms with Gasteiger partial charge in [0.15, 0.2) is 0 Å². The molecule has 2 aromatic carbocycles. The lowest BCUT2D eigenvalue weighted by molar-refractivity contribution is 0.0955. The maximum absolute atomic E-state index is 11.9. The summed E-state index contributed by atoms with van der Waals surface area (Å²) in [5.74, 6) is 0.435. The van der Waals surface area contributed by atoms with E-state index in [1.54, 1.807) is 31.4 Å². The molecule has 5 nitrogen and oxygen atoms in total. The Hall–Kier alpha value is -2.92. The Morgan fingerprint density at radius 3 is 2.75 bits per heavy atom. The standard InChI is InChI=1S/C18H14ClN3O2/c1-24-15-7-8-16-13(10-15)9-14(17(19)21-16)11-20-22-18(23)12-5-3-2-4-6-12/h2-11H,1H3,(H,22,23)/b20-11-. The lowest BCUT2D eigenvalue weighted by atomic mass is 10.1. The van der Waals surface area contributed by atoms with E-state index >= 15 is 0 Å². The van der Waals surface area contributed by atoms with Gasteiger partial charge in [0.1, 0.15) is 10.9 Å². The summed E-state index contributed by atoms with van der Waals surface area (Å²) in [6, 6.07) is 16.2. The number of amides is 1. The Labute approximate surface area is 143 Å². The minimum Gasteiger partial charge on any atom is -0.497 e.